The zero-order chi connectivity index (χ0) is 13.4. The monoisotopic (exact) mass is 253 g/mol. The average Bonchev–Trinajstić information content (AvgIpc) is 2.37. The van der Waals surface area contributed by atoms with Gasteiger partial charge in [-0.25, -0.2) is 4.98 Å². The van der Waals surface area contributed by atoms with Crippen LogP contribution in [0.15, 0.2) is 18.3 Å². The number of pyridine rings is 1. The Balaban J connectivity index is 2.38. The highest BCUT2D eigenvalue weighted by atomic mass is 16.5. The molecule has 1 heterocycles. The summed E-state index contributed by atoms with van der Waals surface area (Å²) in [5.41, 5.74) is -0.109. The van der Waals surface area contributed by atoms with Crippen LogP contribution in [0.4, 0.5) is 0 Å². The maximum Gasteiger partial charge on any atom is 0.274 e. The molecule has 1 aromatic rings. The highest BCUT2D eigenvalue weighted by molar-refractivity contribution is 5.96. The Bertz CT molecular complexity index is 423. The molecule has 0 atom stereocenters. The average molecular weight is 253 g/mol. The van der Waals surface area contributed by atoms with Gasteiger partial charge in [-0.15, -0.1) is 0 Å². The Morgan fingerprint density at radius 1 is 1.44 bits per heavy atom. The number of ether oxygens (including phenoxy) is 1. The molecule has 0 aliphatic rings. The van der Waals surface area contributed by atoms with Gasteiger partial charge < -0.3 is 20.5 Å². The van der Waals surface area contributed by atoms with E-state index in [2.05, 4.69) is 15.6 Å². The smallest absolute Gasteiger partial charge is 0.274 e. The molecule has 7 nitrogen and oxygen atoms in total. The molecule has 18 heavy (non-hydrogen) atoms. The maximum absolute atomic E-state index is 11.6. The third-order valence-corrected chi connectivity index (χ3v) is 2.04. The molecule has 7 heteroatoms. The van der Waals surface area contributed by atoms with Crippen molar-refractivity contribution in [3.63, 3.8) is 0 Å². The van der Waals surface area contributed by atoms with Crippen molar-refractivity contribution in [1.82, 2.24) is 15.6 Å². The maximum atomic E-state index is 11.6. The lowest BCUT2D eigenvalue weighted by atomic mass is 10.3. The van der Waals surface area contributed by atoms with Crippen LogP contribution in [0.1, 0.15) is 10.5 Å². The van der Waals surface area contributed by atoms with Gasteiger partial charge in [0.05, 0.1) is 13.2 Å². The molecule has 0 aliphatic heterocycles. The van der Waals surface area contributed by atoms with Gasteiger partial charge >= 0.3 is 0 Å². The predicted octanol–water partition coefficient (Wildman–Crippen LogP) is -0.720. The number of hydrogen-bond acceptors (Lipinski definition) is 5. The van der Waals surface area contributed by atoms with Crippen LogP contribution in [-0.2, 0) is 9.53 Å². The zero-order valence-corrected chi connectivity index (χ0v) is 9.97. The van der Waals surface area contributed by atoms with Gasteiger partial charge in [0.1, 0.15) is 5.75 Å². The van der Waals surface area contributed by atoms with Crippen LogP contribution < -0.4 is 10.6 Å². The fourth-order valence-electron chi connectivity index (χ4n) is 1.17. The molecule has 0 spiro atoms. The Morgan fingerprint density at radius 2 is 2.22 bits per heavy atom. The van der Waals surface area contributed by atoms with Crippen molar-refractivity contribution >= 4 is 11.8 Å². The molecule has 0 saturated carbocycles. The lowest BCUT2D eigenvalue weighted by molar-refractivity contribution is -0.120. The number of nitrogens with zero attached hydrogens (tertiary/aromatic N) is 1. The fraction of sp³-hybridized carbons (Fsp3) is 0.364. The SMILES string of the molecule is COCCNC(=O)CNC(=O)c1ncccc1O. The van der Waals surface area contributed by atoms with Crippen molar-refractivity contribution in [1.29, 1.82) is 0 Å². The number of amides is 2. The van der Waals surface area contributed by atoms with E-state index in [-0.39, 0.29) is 23.9 Å². The summed E-state index contributed by atoms with van der Waals surface area (Å²) in [4.78, 5) is 26.6. The van der Waals surface area contributed by atoms with Crippen LogP contribution in [-0.4, -0.2) is 48.7 Å². The van der Waals surface area contributed by atoms with Gasteiger partial charge in [-0.2, -0.15) is 0 Å². The van der Waals surface area contributed by atoms with Gasteiger partial charge in [-0.1, -0.05) is 0 Å². The number of hydrogen-bond donors (Lipinski definition) is 3. The third-order valence-electron chi connectivity index (χ3n) is 2.04. The van der Waals surface area contributed by atoms with E-state index in [1.165, 1.54) is 25.4 Å². The molecule has 0 fully saturated rings. The molecule has 1 aromatic heterocycles. The Kier molecular flexibility index (Phi) is 5.59. The second-order valence-corrected chi connectivity index (χ2v) is 3.40. The van der Waals surface area contributed by atoms with Crippen LogP contribution >= 0.6 is 0 Å². The molecule has 3 N–H and O–H groups in total. The molecule has 0 radical (unpaired) electrons. The summed E-state index contributed by atoms with van der Waals surface area (Å²) >= 11 is 0. The van der Waals surface area contributed by atoms with Crippen LogP contribution in [0.25, 0.3) is 0 Å². The quantitative estimate of drug-likeness (QED) is 0.581. The second-order valence-electron chi connectivity index (χ2n) is 3.40. The topological polar surface area (TPSA) is 101 Å². The van der Waals surface area contributed by atoms with E-state index in [1.807, 2.05) is 0 Å². The highest BCUT2D eigenvalue weighted by Crippen LogP contribution is 2.11. The number of rotatable bonds is 6. The van der Waals surface area contributed by atoms with Crippen LogP contribution in [0.2, 0.25) is 0 Å². The van der Waals surface area contributed by atoms with Gasteiger partial charge in [0.2, 0.25) is 5.91 Å². The summed E-state index contributed by atoms with van der Waals surface area (Å²) in [7, 11) is 1.53. The lowest BCUT2D eigenvalue weighted by Gasteiger charge is -2.06. The van der Waals surface area contributed by atoms with Gasteiger partial charge in [-0.3, -0.25) is 9.59 Å². The van der Waals surface area contributed by atoms with E-state index in [0.717, 1.165) is 0 Å². The van der Waals surface area contributed by atoms with E-state index in [1.54, 1.807) is 0 Å². The van der Waals surface area contributed by atoms with Crippen molar-refractivity contribution in [3.8, 4) is 5.75 Å². The summed E-state index contributed by atoms with van der Waals surface area (Å²) in [5, 5.41) is 14.3. The first-order chi connectivity index (χ1) is 8.65. The number of aromatic hydroxyl groups is 1. The number of methoxy groups -OCH3 is 1. The first kappa shape index (κ1) is 13.9. The molecule has 0 saturated heterocycles. The first-order valence-corrected chi connectivity index (χ1v) is 5.33. The largest absolute Gasteiger partial charge is 0.505 e. The fourth-order valence-corrected chi connectivity index (χ4v) is 1.17. The second kappa shape index (κ2) is 7.23. The van der Waals surface area contributed by atoms with Crippen molar-refractivity contribution < 1.29 is 19.4 Å². The highest BCUT2D eigenvalue weighted by Gasteiger charge is 2.12. The molecule has 0 aliphatic carbocycles. The van der Waals surface area contributed by atoms with E-state index < -0.39 is 5.91 Å². The number of nitrogens with one attached hydrogen (secondary N) is 2. The van der Waals surface area contributed by atoms with Gasteiger partial charge in [0.25, 0.3) is 5.91 Å². The predicted molar refractivity (Wildman–Crippen MR) is 63.1 cm³/mol. The Labute approximate surface area is 104 Å². The zero-order valence-electron chi connectivity index (χ0n) is 9.97. The van der Waals surface area contributed by atoms with Crippen molar-refractivity contribution in [2.75, 3.05) is 26.8 Å². The minimum atomic E-state index is -0.602. The van der Waals surface area contributed by atoms with Crippen LogP contribution in [0, 0.1) is 0 Å². The van der Waals surface area contributed by atoms with E-state index >= 15 is 0 Å². The normalized spacial score (nSPS) is 9.83. The minimum absolute atomic E-state index is 0.109. The summed E-state index contributed by atoms with van der Waals surface area (Å²) in [6.07, 6.45) is 1.38. The van der Waals surface area contributed by atoms with Gasteiger partial charge in [-0.05, 0) is 12.1 Å². The van der Waals surface area contributed by atoms with Crippen molar-refractivity contribution in [3.05, 3.63) is 24.0 Å². The summed E-state index contributed by atoms with van der Waals surface area (Å²) in [6.45, 7) is 0.597. The van der Waals surface area contributed by atoms with Crippen LogP contribution in [0.5, 0.6) is 5.75 Å². The summed E-state index contributed by atoms with van der Waals surface area (Å²) in [5.74, 6) is -1.17. The Morgan fingerprint density at radius 3 is 2.89 bits per heavy atom. The molecule has 98 valence electrons. The summed E-state index contributed by atoms with van der Waals surface area (Å²) in [6, 6.07) is 2.85. The lowest BCUT2D eigenvalue weighted by Crippen LogP contribution is -2.38. The molecule has 0 bridgehead atoms. The molecule has 0 aromatic carbocycles. The molecule has 0 unspecified atom stereocenters. The summed E-state index contributed by atoms with van der Waals surface area (Å²) < 4.78 is 4.76. The molecule has 1 rings (SSSR count). The minimum Gasteiger partial charge on any atom is -0.505 e. The molecule has 2 amide bonds. The van der Waals surface area contributed by atoms with Crippen LogP contribution in [0.3, 0.4) is 0 Å². The van der Waals surface area contributed by atoms with Gasteiger partial charge in [0.15, 0.2) is 5.69 Å². The van der Waals surface area contributed by atoms with E-state index in [0.29, 0.717) is 13.2 Å². The first-order valence-electron chi connectivity index (χ1n) is 5.33. The standard InChI is InChI=1S/C11H15N3O4/c1-18-6-5-12-9(16)7-14-11(17)10-8(15)3-2-4-13-10/h2-4,15H,5-7H2,1H3,(H,12,16)(H,14,17). The Hall–Kier alpha value is -2.15. The third kappa shape index (κ3) is 4.38. The number of aromatic nitrogens is 1. The van der Waals surface area contributed by atoms with E-state index in [9.17, 15) is 14.7 Å². The number of carbonyl (C=O) groups excluding carboxylic acids is 2. The molecular weight excluding hydrogens is 238 g/mol. The number of carbonyl (C=O) groups is 2. The van der Waals surface area contributed by atoms with E-state index in [4.69, 9.17) is 4.74 Å². The molecular formula is C11H15N3O4. The van der Waals surface area contributed by atoms with Gasteiger partial charge in [0, 0.05) is 19.9 Å². The van der Waals surface area contributed by atoms with Crippen molar-refractivity contribution in [2.45, 2.75) is 0 Å². The van der Waals surface area contributed by atoms with Crippen molar-refractivity contribution in [2.24, 2.45) is 0 Å².